The number of primary amides is 1. The smallest absolute Gasteiger partial charge is 0.252 e. The summed E-state index contributed by atoms with van der Waals surface area (Å²) in [5.74, 6) is -3.60. The van der Waals surface area contributed by atoms with Gasteiger partial charge in [-0.05, 0) is 12.8 Å². The Morgan fingerprint density at radius 2 is 1.97 bits per heavy atom. The normalized spacial score (nSPS) is 13.3. The number of carbonyl (C=O) groups excluding carboxylic acids is 5. The van der Waals surface area contributed by atoms with Crippen molar-refractivity contribution in [2.45, 2.75) is 50.7 Å². The molecule has 1 rings (SSSR count). The molecule has 1 radical (unpaired) electrons. The third kappa shape index (κ3) is 8.51. The van der Waals surface area contributed by atoms with Crippen LogP contribution < -0.4 is 27.8 Å². The number of hydrogen-bond donors (Lipinski definition) is 7. The Morgan fingerprint density at radius 1 is 1.28 bits per heavy atom. The van der Waals surface area contributed by atoms with Gasteiger partial charge in [-0.25, -0.2) is 4.98 Å². The van der Waals surface area contributed by atoms with Crippen molar-refractivity contribution < 1.29 is 24.0 Å². The second-order valence-corrected chi connectivity index (χ2v) is 6.97. The van der Waals surface area contributed by atoms with E-state index in [0.29, 0.717) is 17.0 Å². The van der Waals surface area contributed by atoms with Crippen molar-refractivity contribution in [2.24, 2.45) is 17.2 Å². The van der Waals surface area contributed by atoms with Gasteiger partial charge in [0, 0.05) is 31.8 Å². The molecule has 10 N–H and O–H groups in total. The van der Waals surface area contributed by atoms with Crippen LogP contribution in [-0.4, -0.2) is 75.4 Å². The van der Waals surface area contributed by atoms with E-state index in [2.05, 4.69) is 20.6 Å². The number of H-pyrrole nitrogens is 1. The molecule has 0 aliphatic heterocycles. The summed E-state index contributed by atoms with van der Waals surface area (Å²) in [5, 5.41) is 12.2. The molecule has 1 aromatic heterocycles. The van der Waals surface area contributed by atoms with Crippen molar-refractivity contribution in [1.29, 1.82) is 5.41 Å². The molecule has 32 heavy (non-hydrogen) atoms. The van der Waals surface area contributed by atoms with Gasteiger partial charge in [0.05, 0.1) is 18.8 Å². The van der Waals surface area contributed by atoms with E-state index in [9.17, 15) is 24.0 Å². The number of nitrogens with one attached hydrogen (secondary N) is 4. The van der Waals surface area contributed by atoms with Crippen molar-refractivity contribution in [3.63, 3.8) is 0 Å². The standard InChI is InChI=1S/C18H28N9O5/c1-10(29)26-14(3-2-4-24-18(21)22)17(32)27(16(31)13(19)6-15(20)30)12(8-28)5-11-7-23-9-25-11/h7,9,12-14H,2-6,19H2,1H3,(H2,20,30)(H,23,25)(H,26,29)(H4,21,22,24)/t12-,13-,14-/m0/s1. The minimum absolute atomic E-state index is 0.0587. The first kappa shape index (κ1) is 26.2. The molecule has 3 atom stereocenters. The molecule has 0 unspecified atom stereocenters. The van der Waals surface area contributed by atoms with E-state index in [1.165, 1.54) is 19.4 Å². The molecule has 0 bridgehead atoms. The highest BCUT2D eigenvalue weighted by molar-refractivity contribution is 6.04. The highest BCUT2D eigenvalue weighted by atomic mass is 16.2. The number of rotatable bonds is 13. The lowest BCUT2D eigenvalue weighted by Gasteiger charge is -2.31. The van der Waals surface area contributed by atoms with Gasteiger partial charge in [0.2, 0.25) is 24.0 Å². The minimum atomic E-state index is -1.48. The van der Waals surface area contributed by atoms with Crippen LogP contribution in [0.5, 0.6) is 0 Å². The van der Waals surface area contributed by atoms with Crippen LogP contribution >= 0.6 is 0 Å². The lowest BCUT2D eigenvalue weighted by molar-refractivity contribution is -0.150. The molecule has 175 valence electrons. The minimum Gasteiger partial charge on any atom is -0.370 e. The summed E-state index contributed by atoms with van der Waals surface area (Å²) in [6, 6.07) is -4.07. The van der Waals surface area contributed by atoms with Gasteiger partial charge >= 0.3 is 0 Å². The molecule has 0 spiro atoms. The van der Waals surface area contributed by atoms with Crippen LogP contribution in [0.4, 0.5) is 0 Å². The molecule has 14 nitrogen and oxygen atoms in total. The Bertz CT molecular complexity index is 827. The predicted molar refractivity (Wildman–Crippen MR) is 112 cm³/mol. The molecule has 4 amide bonds. The summed E-state index contributed by atoms with van der Waals surface area (Å²) in [5.41, 5.74) is 16.5. The molecule has 0 aromatic carbocycles. The molecule has 0 fully saturated rings. The number of amides is 4. The first-order valence-corrected chi connectivity index (χ1v) is 9.67. The Balaban J connectivity index is 3.20. The first-order valence-electron chi connectivity index (χ1n) is 9.67. The van der Waals surface area contributed by atoms with Crippen LogP contribution in [0.2, 0.25) is 0 Å². The van der Waals surface area contributed by atoms with E-state index in [1.807, 2.05) is 0 Å². The fourth-order valence-electron chi connectivity index (χ4n) is 2.89. The Morgan fingerprint density at radius 3 is 2.47 bits per heavy atom. The molecule has 1 aromatic rings. The van der Waals surface area contributed by atoms with Crippen molar-refractivity contribution in [3.8, 4) is 0 Å². The summed E-state index contributed by atoms with van der Waals surface area (Å²) >= 11 is 0. The highest BCUT2D eigenvalue weighted by Crippen LogP contribution is 2.13. The van der Waals surface area contributed by atoms with E-state index in [1.54, 1.807) is 6.29 Å². The monoisotopic (exact) mass is 450 g/mol. The van der Waals surface area contributed by atoms with E-state index >= 15 is 0 Å². The molecular formula is C18H28N9O5. The topological polar surface area (TPSA) is 243 Å². The van der Waals surface area contributed by atoms with Gasteiger partial charge in [-0.2, -0.15) is 0 Å². The number of nitrogens with zero attached hydrogens (tertiary/aromatic N) is 2. The summed E-state index contributed by atoms with van der Waals surface area (Å²) in [6.07, 6.45) is 4.07. The maximum Gasteiger partial charge on any atom is 0.252 e. The number of nitrogens with two attached hydrogens (primary N) is 3. The average molecular weight is 450 g/mol. The third-order valence-corrected chi connectivity index (χ3v) is 4.29. The van der Waals surface area contributed by atoms with E-state index in [0.717, 1.165) is 0 Å². The SMILES string of the molecule is CC(=O)N[C@@H](CCCNC(=N)N)C(=O)N(C(=O)[C@@H](N)CC(N)=O)[C@H]([C]=O)Cc1cnc[nH]1. The van der Waals surface area contributed by atoms with E-state index in [-0.39, 0.29) is 25.3 Å². The van der Waals surface area contributed by atoms with E-state index < -0.39 is 48.2 Å². The van der Waals surface area contributed by atoms with Crippen LogP contribution in [0.15, 0.2) is 12.5 Å². The zero-order valence-electron chi connectivity index (χ0n) is 17.6. The third-order valence-electron chi connectivity index (χ3n) is 4.29. The summed E-state index contributed by atoms with van der Waals surface area (Å²) in [7, 11) is 0. The average Bonchev–Trinajstić information content (AvgIpc) is 3.21. The molecular weight excluding hydrogens is 422 g/mol. The number of aromatic nitrogens is 2. The lowest BCUT2D eigenvalue weighted by Crippen LogP contribution is -2.59. The summed E-state index contributed by atoms with van der Waals surface area (Å²) in [6.45, 7) is 1.41. The van der Waals surface area contributed by atoms with Crippen molar-refractivity contribution in [3.05, 3.63) is 18.2 Å². The summed E-state index contributed by atoms with van der Waals surface area (Å²) < 4.78 is 0. The quantitative estimate of drug-likeness (QED) is 0.0905. The van der Waals surface area contributed by atoms with Crippen molar-refractivity contribution in [1.82, 2.24) is 25.5 Å². The zero-order chi connectivity index (χ0) is 24.3. The van der Waals surface area contributed by atoms with Crippen LogP contribution in [0.1, 0.15) is 31.9 Å². The van der Waals surface area contributed by atoms with Crippen molar-refractivity contribution in [2.75, 3.05) is 6.54 Å². The molecule has 0 aliphatic rings. The van der Waals surface area contributed by atoms with Crippen LogP contribution in [0, 0.1) is 5.41 Å². The van der Waals surface area contributed by atoms with E-state index in [4.69, 9.17) is 22.6 Å². The van der Waals surface area contributed by atoms with Gasteiger partial charge in [-0.3, -0.25) is 34.3 Å². The van der Waals surface area contributed by atoms with Gasteiger partial charge in [-0.15, -0.1) is 0 Å². The molecule has 0 saturated heterocycles. The number of hydrogen-bond acceptors (Lipinski definition) is 8. The number of carbonyl (C=O) groups is 4. The number of imide groups is 1. The van der Waals surface area contributed by atoms with Gasteiger partial charge in [-0.1, -0.05) is 0 Å². The maximum atomic E-state index is 13.3. The van der Waals surface area contributed by atoms with Crippen LogP contribution in [0.3, 0.4) is 0 Å². The lowest BCUT2D eigenvalue weighted by atomic mass is 10.0. The molecule has 0 saturated carbocycles. The number of aromatic amines is 1. The molecule has 14 heteroatoms. The maximum absolute atomic E-state index is 13.3. The molecule has 1 heterocycles. The largest absolute Gasteiger partial charge is 0.370 e. The number of imidazole rings is 1. The van der Waals surface area contributed by atoms with Crippen LogP contribution in [0.25, 0.3) is 0 Å². The second kappa shape index (κ2) is 12.8. The van der Waals surface area contributed by atoms with Gasteiger partial charge in [0.15, 0.2) is 5.96 Å². The second-order valence-electron chi connectivity index (χ2n) is 6.97. The fourth-order valence-corrected chi connectivity index (χ4v) is 2.89. The van der Waals surface area contributed by atoms with Gasteiger partial charge in [0.25, 0.3) is 5.91 Å². The number of guanidine groups is 1. The Hall–Kier alpha value is -3.81. The highest BCUT2D eigenvalue weighted by Gasteiger charge is 2.38. The van der Waals surface area contributed by atoms with Gasteiger partial charge in [0.1, 0.15) is 12.1 Å². The Labute approximate surface area is 184 Å². The fraction of sp³-hybridized carbons (Fsp3) is 0.500. The van der Waals surface area contributed by atoms with Crippen LogP contribution in [-0.2, 0) is 30.4 Å². The predicted octanol–water partition coefficient (Wildman–Crippen LogP) is -3.24. The summed E-state index contributed by atoms with van der Waals surface area (Å²) in [4.78, 5) is 68.0. The zero-order valence-corrected chi connectivity index (χ0v) is 17.6. The van der Waals surface area contributed by atoms with Crippen molar-refractivity contribution >= 4 is 35.9 Å². The first-order chi connectivity index (χ1) is 15.1. The molecule has 0 aliphatic carbocycles. The Kier molecular flexibility index (Phi) is 10.5. The van der Waals surface area contributed by atoms with Gasteiger partial charge < -0.3 is 32.8 Å².